The molecular formula is C24H34O5S. The van der Waals surface area contributed by atoms with E-state index in [9.17, 15) is 18.1 Å². The van der Waals surface area contributed by atoms with Crippen molar-refractivity contribution in [1.29, 1.82) is 0 Å². The van der Waals surface area contributed by atoms with Gasteiger partial charge in [0.05, 0.1) is 0 Å². The fourth-order valence-corrected chi connectivity index (χ4v) is 4.32. The van der Waals surface area contributed by atoms with Gasteiger partial charge >= 0.3 is 0 Å². The van der Waals surface area contributed by atoms with Crippen LogP contribution in [0.1, 0.15) is 76.7 Å². The van der Waals surface area contributed by atoms with Gasteiger partial charge in [-0.1, -0.05) is 82.9 Å². The van der Waals surface area contributed by atoms with Gasteiger partial charge in [-0.05, 0) is 37.1 Å². The van der Waals surface area contributed by atoms with Crippen molar-refractivity contribution in [2.45, 2.75) is 82.4 Å². The second-order valence-corrected chi connectivity index (χ2v) is 9.10. The first-order valence-electron chi connectivity index (χ1n) is 11.0. The van der Waals surface area contributed by atoms with Crippen molar-refractivity contribution in [1.82, 2.24) is 0 Å². The molecule has 0 aromatic heterocycles. The molecule has 0 unspecified atom stereocenters. The van der Waals surface area contributed by atoms with Crippen LogP contribution in [0.4, 0.5) is 0 Å². The molecule has 6 heteroatoms. The Balaban J connectivity index is 1.93. The quantitative estimate of drug-likeness (QED) is 0.250. The Morgan fingerprint density at radius 2 is 1.37 bits per heavy atom. The van der Waals surface area contributed by atoms with Gasteiger partial charge in [-0.15, -0.1) is 0 Å². The first kappa shape index (κ1) is 24.2. The molecule has 0 atom stereocenters. The van der Waals surface area contributed by atoms with E-state index >= 15 is 0 Å². The van der Waals surface area contributed by atoms with Gasteiger partial charge in [0.1, 0.15) is 10.6 Å². The van der Waals surface area contributed by atoms with Crippen LogP contribution in [0.15, 0.2) is 47.4 Å². The Bertz CT molecular complexity index is 863. The highest BCUT2D eigenvalue weighted by Gasteiger charge is 2.21. The largest absolute Gasteiger partial charge is 0.504 e. The molecule has 0 fully saturated rings. The van der Waals surface area contributed by atoms with Gasteiger partial charge in [0, 0.05) is 5.56 Å². The molecule has 30 heavy (non-hydrogen) atoms. The van der Waals surface area contributed by atoms with Gasteiger partial charge in [0.15, 0.2) is 11.5 Å². The molecule has 0 bridgehead atoms. The topological polar surface area (TPSA) is 83.8 Å². The van der Waals surface area contributed by atoms with E-state index in [2.05, 4.69) is 6.92 Å². The predicted octanol–water partition coefficient (Wildman–Crippen LogP) is 6.89. The highest BCUT2D eigenvalue weighted by molar-refractivity contribution is 7.85. The van der Waals surface area contributed by atoms with Crippen LogP contribution in [-0.2, 0) is 16.5 Å². The number of hydrogen-bond donors (Lipinski definition) is 2. The van der Waals surface area contributed by atoms with Gasteiger partial charge in [0.25, 0.3) is 10.1 Å². The van der Waals surface area contributed by atoms with Gasteiger partial charge in [0.2, 0.25) is 0 Å². The summed E-state index contributed by atoms with van der Waals surface area (Å²) in [5.41, 5.74) is 0.213. The van der Waals surface area contributed by atoms with E-state index < -0.39 is 10.1 Å². The molecule has 0 spiro atoms. The molecule has 0 saturated heterocycles. The fraction of sp³-hybridized carbons (Fsp3) is 0.500. The maximum atomic E-state index is 11.8. The van der Waals surface area contributed by atoms with Crippen LogP contribution in [0.5, 0.6) is 17.2 Å². The summed E-state index contributed by atoms with van der Waals surface area (Å²) in [6.45, 7) is 2.22. The Hall–Kier alpha value is -2.05. The van der Waals surface area contributed by atoms with Gasteiger partial charge < -0.3 is 9.84 Å². The van der Waals surface area contributed by atoms with E-state index in [1.54, 1.807) is 12.1 Å². The fourth-order valence-electron chi connectivity index (χ4n) is 3.57. The van der Waals surface area contributed by atoms with Crippen LogP contribution in [0.25, 0.3) is 0 Å². The van der Waals surface area contributed by atoms with E-state index in [-0.39, 0.29) is 22.0 Å². The van der Waals surface area contributed by atoms with Crippen LogP contribution in [0.3, 0.4) is 0 Å². The lowest BCUT2D eigenvalue weighted by molar-refractivity contribution is 0.402. The van der Waals surface area contributed by atoms with E-state index in [1.807, 2.05) is 18.2 Å². The minimum atomic E-state index is -4.42. The molecule has 0 radical (unpaired) electrons. The van der Waals surface area contributed by atoms with Crippen molar-refractivity contribution >= 4 is 10.1 Å². The van der Waals surface area contributed by atoms with E-state index in [0.717, 1.165) is 19.3 Å². The van der Waals surface area contributed by atoms with Crippen LogP contribution in [0, 0.1) is 0 Å². The third-order valence-corrected chi connectivity index (χ3v) is 6.17. The molecule has 0 aliphatic heterocycles. The third kappa shape index (κ3) is 8.00. The second-order valence-electron chi connectivity index (χ2n) is 7.71. The molecule has 2 aromatic carbocycles. The normalized spacial score (nSPS) is 11.5. The van der Waals surface area contributed by atoms with E-state index in [1.165, 1.54) is 57.1 Å². The number of hydrogen-bond acceptors (Lipinski definition) is 4. The molecule has 0 aliphatic carbocycles. The molecule has 0 heterocycles. The molecule has 0 saturated carbocycles. The number of ether oxygens (including phenoxy) is 1. The van der Waals surface area contributed by atoms with Gasteiger partial charge in [-0.25, -0.2) is 0 Å². The molecule has 0 aliphatic rings. The van der Waals surface area contributed by atoms with Crippen molar-refractivity contribution in [2.75, 3.05) is 0 Å². The summed E-state index contributed by atoms with van der Waals surface area (Å²) in [6, 6.07) is 11.6. The average molecular weight is 435 g/mol. The number of benzene rings is 2. The first-order valence-corrected chi connectivity index (χ1v) is 12.4. The molecular weight excluding hydrogens is 400 g/mol. The second kappa shape index (κ2) is 12.6. The van der Waals surface area contributed by atoms with E-state index in [0.29, 0.717) is 12.2 Å². The minimum absolute atomic E-state index is 0.177. The Kier molecular flexibility index (Phi) is 10.2. The van der Waals surface area contributed by atoms with Crippen molar-refractivity contribution < 1.29 is 22.8 Å². The number of unbranched alkanes of at least 4 members (excludes halogenated alkanes) is 9. The van der Waals surface area contributed by atoms with Crippen LogP contribution >= 0.6 is 0 Å². The lowest BCUT2D eigenvalue weighted by Crippen LogP contribution is -2.04. The highest BCUT2D eigenvalue weighted by Crippen LogP contribution is 2.38. The molecule has 2 N–H and O–H groups in total. The first-order chi connectivity index (χ1) is 14.4. The number of phenols is 1. The Morgan fingerprint density at radius 3 is 1.93 bits per heavy atom. The summed E-state index contributed by atoms with van der Waals surface area (Å²) in [4.78, 5) is -0.253. The van der Waals surface area contributed by atoms with Crippen LogP contribution < -0.4 is 4.74 Å². The maximum Gasteiger partial charge on any atom is 0.294 e. The number of aromatic hydroxyl groups is 1. The number of para-hydroxylation sites is 1. The molecule has 2 aromatic rings. The van der Waals surface area contributed by atoms with Gasteiger partial charge in [-0.3, -0.25) is 4.55 Å². The average Bonchev–Trinajstić information content (AvgIpc) is 2.71. The molecule has 2 rings (SSSR count). The SMILES string of the molecule is CCCCCCCCCCCCc1c(S(=O)(=O)O)ccc(Oc2ccccc2)c1O. The Labute approximate surface area is 180 Å². The number of rotatable bonds is 14. The zero-order valence-corrected chi connectivity index (χ0v) is 18.7. The molecule has 166 valence electrons. The monoisotopic (exact) mass is 434 g/mol. The van der Waals surface area contributed by atoms with Crippen molar-refractivity contribution in [3.05, 3.63) is 48.0 Å². The zero-order chi connectivity index (χ0) is 21.8. The standard InChI is InChI=1S/C24H34O5S/c1-2-3-4-5-6-7-8-9-10-14-17-21-23(30(26,27)28)19-18-22(24(21)25)29-20-15-12-11-13-16-20/h11-13,15-16,18-19,25H,2-10,14,17H2,1H3,(H,26,27,28). The minimum Gasteiger partial charge on any atom is -0.504 e. The third-order valence-electron chi connectivity index (χ3n) is 5.23. The summed E-state index contributed by atoms with van der Waals surface area (Å²) in [7, 11) is -4.42. The highest BCUT2D eigenvalue weighted by atomic mass is 32.2. The smallest absolute Gasteiger partial charge is 0.294 e. The van der Waals surface area contributed by atoms with Crippen molar-refractivity contribution in [3.8, 4) is 17.2 Å². The van der Waals surface area contributed by atoms with E-state index in [4.69, 9.17) is 4.74 Å². The lowest BCUT2D eigenvalue weighted by Gasteiger charge is -2.14. The molecule has 0 amide bonds. The zero-order valence-electron chi connectivity index (χ0n) is 17.8. The van der Waals surface area contributed by atoms with Crippen LogP contribution in [-0.4, -0.2) is 18.1 Å². The molecule has 5 nitrogen and oxygen atoms in total. The summed E-state index contributed by atoms with van der Waals surface area (Å²) < 4.78 is 38.8. The lowest BCUT2D eigenvalue weighted by atomic mass is 10.0. The van der Waals surface area contributed by atoms with Crippen molar-refractivity contribution in [3.63, 3.8) is 0 Å². The summed E-state index contributed by atoms with van der Waals surface area (Å²) in [5.74, 6) is 0.484. The summed E-state index contributed by atoms with van der Waals surface area (Å²) in [5, 5.41) is 10.6. The maximum absolute atomic E-state index is 11.8. The predicted molar refractivity (Wildman–Crippen MR) is 120 cm³/mol. The summed E-state index contributed by atoms with van der Waals surface area (Å²) >= 11 is 0. The summed E-state index contributed by atoms with van der Waals surface area (Å²) in [6.07, 6.45) is 12.0. The van der Waals surface area contributed by atoms with Crippen molar-refractivity contribution in [2.24, 2.45) is 0 Å². The number of phenolic OH excluding ortho intramolecular Hbond substituents is 1. The van der Waals surface area contributed by atoms with Crippen LogP contribution in [0.2, 0.25) is 0 Å². The Morgan fingerprint density at radius 1 is 0.800 bits per heavy atom. The van der Waals surface area contributed by atoms with Gasteiger partial charge in [-0.2, -0.15) is 8.42 Å².